The van der Waals surface area contributed by atoms with Crippen LogP contribution < -0.4 is 5.32 Å². The summed E-state index contributed by atoms with van der Waals surface area (Å²) in [5, 5.41) is 19.3. The third-order valence-electron chi connectivity index (χ3n) is 1.80. The number of nitrogens with one attached hydrogen (secondary N) is 1. The summed E-state index contributed by atoms with van der Waals surface area (Å²) < 4.78 is 4.70. The van der Waals surface area contributed by atoms with Gasteiger partial charge in [-0.1, -0.05) is 12.8 Å². The highest BCUT2D eigenvalue weighted by Gasteiger charge is 1.99. The van der Waals surface area contributed by atoms with E-state index < -0.39 is 6.09 Å². The number of nitriles is 1. The van der Waals surface area contributed by atoms with Crippen LogP contribution in [0, 0.1) is 11.3 Å². The Balaban J connectivity index is 3.14. The number of alkyl carbamates (subject to hydrolysis) is 1. The molecular formula is C10H18N2O3. The van der Waals surface area contributed by atoms with Crippen molar-refractivity contribution in [2.45, 2.75) is 32.1 Å². The Morgan fingerprint density at radius 1 is 1.33 bits per heavy atom. The molecule has 86 valence electrons. The molecule has 0 saturated heterocycles. The second kappa shape index (κ2) is 10.8. The fourth-order valence-corrected chi connectivity index (χ4v) is 1.02. The van der Waals surface area contributed by atoms with Crippen LogP contribution in [0.5, 0.6) is 0 Å². The molecule has 0 unspecified atom stereocenters. The maximum absolute atomic E-state index is 10.9. The van der Waals surface area contributed by atoms with E-state index in [1.54, 1.807) is 0 Å². The number of unbranched alkanes of at least 4 members (excludes halogenated alkanes) is 3. The number of carbonyl (C=O) groups is 1. The van der Waals surface area contributed by atoms with Crippen LogP contribution in [0.25, 0.3) is 0 Å². The monoisotopic (exact) mass is 214 g/mol. The molecular weight excluding hydrogens is 196 g/mol. The number of amides is 1. The third-order valence-corrected chi connectivity index (χ3v) is 1.80. The van der Waals surface area contributed by atoms with E-state index in [1.165, 1.54) is 0 Å². The SMILES string of the molecule is N#CCCOC(=O)NCCCCCCO. The zero-order valence-electron chi connectivity index (χ0n) is 8.87. The summed E-state index contributed by atoms with van der Waals surface area (Å²) in [4.78, 5) is 10.9. The van der Waals surface area contributed by atoms with Gasteiger partial charge in [0.25, 0.3) is 0 Å². The number of rotatable bonds is 8. The molecule has 15 heavy (non-hydrogen) atoms. The van der Waals surface area contributed by atoms with Crippen LogP contribution in [0.2, 0.25) is 0 Å². The predicted molar refractivity (Wildman–Crippen MR) is 55.1 cm³/mol. The number of hydrogen-bond acceptors (Lipinski definition) is 4. The van der Waals surface area contributed by atoms with Crippen molar-refractivity contribution in [2.24, 2.45) is 0 Å². The van der Waals surface area contributed by atoms with Gasteiger partial charge in [-0.05, 0) is 12.8 Å². The Bertz CT molecular complexity index is 201. The molecule has 0 bridgehead atoms. The molecule has 0 fully saturated rings. The summed E-state index contributed by atoms with van der Waals surface area (Å²) >= 11 is 0. The minimum absolute atomic E-state index is 0.146. The second-order valence-corrected chi connectivity index (χ2v) is 3.11. The first kappa shape index (κ1) is 13.7. The fraction of sp³-hybridized carbons (Fsp3) is 0.800. The summed E-state index contributed by atoms with van der Waals surface area (Å²) in [7, 11) is 0. The van der Waals surface area contributed by atoms with Crippen LogP contribution in [-0.2, 0) is 4.74 Å². The summed E-state index contributed by atoms with van der Waals surface area (Å²) in [5.41, 5.74) is 0. The standard InChI is InChI=1S/C10H18N2O3/c11-6-5-9-15-10(14)12-7-3-1-2-4-8-13/h13H,1-5,7-9H2,(H,12,14). The van der Waals surface area contributed by atoms with Crippen LogP contribution in [0.1, 0.15) is 32.1 Å². The molecule has 1 amide bonds. The van der Waals surface area contributed by atoms with E-state index in [1.807, 2.05) is 6.07 Å². The molecule has 0 aliphatic heterocycles. The highest BCUT2D eigenvalue weighted by atomic mass is 16.5. The van der Waals surface area contributed by atoms with Crippen LogP contribution in [0.3, 0.4) is 0 Å². The largest absolute Gasteiger partial charge is 0.448 e. The smallest absolute Gasteiger partial charge is 0.407 e. The first-order valence-electron chi connectivity index (χ1n) is 5.19. The lowest BCUT2D eigenvalue weighted by molar-refractivity contribution is 0.148. The maximum Gasteiger partial charge on any atom is 0.407 e. The zero-order valence-corrected chi connectivity index (χ0v) is 8.87. The number of ether oxygens (including phenoxy) is 1. The average Bonchev–Trinajstić information content (AvgIpc) is 2.23. The summed E-state index contributed by atoms with van der Waals surface area (Å²) in [6.45, 7) is 0.952. The Kier molecular flexibility index (Phi) is 9.88. The Labute approximate surface area is 90.0 Å². The molecule has 0 aliphatic rings. The first-order chi connectivity index (χ1) is 7.31. The van der Waals surface area contributed by atoms with Crippen LogP contribution in [0.4, 0.5) is 4.79 Å². The van der Waals surface area contributed by atoms with Gasteiger partial charge in [0.05, 0.1) is 12.5 Å². The fourth-order valence-electron chi connectivity index (χ4n) is 1.02. The molecule has 5 heteroatoms. The molecule has 0 aliphatic carbocycles. The van der Waals surface area contributed by atoms with Crippen molar-refractivity contribution < 1.29 is 14.6 Å². The second-order valence-electron chi connectivity index (χ2n) is 3.11. The Morgan fingerprint density at radius 2 is 2.07 bits per heavy atom. The lowest BCUT2D eigenvalue weighted by Crippen LogP contribution is -2.25. The molecule has 0 aromatic heterocycles. The van der Waals surface area contributed by atoms with Gasteiger partial charge >= 0.3 is 6.09 Å². The maximum atomic E-state index is 10.9. The zero-order chi connectivity index (χ0) is 11.4. The topological polar surface area (TPSA) is 82.3 Å². The minimum Gasteiger partial charge on any atom is -0.448 e. The van der Waals surface area contributed by atoms with Crippen molar-refractivity contribution in [3.63, 3.8) is 0 Å². The molecule has 5 nitrogen and oxygen atoms in total. The molecule has 0 radical (unpaired) electrons. The molecule has 0 rings (SSSR count). The van der Waals surface area contributed by atoms with Crippen molar-refractivity contribution in [1.82, 2.24) is 5.32 Å². The number of nitrogens with zero attached hydrogens (tertiary/aromatic N) is 1. The molecule has 0 atom stereocenters. The van der Waals surface area contributed by atoms with Crippen LogP contribution >= 0.6 is 0 Å². The van der Waals surface area contributed by atoms with Gasteiger partial charge in [-0.25, -0.2) is 4.79 Å². The van der Waals surface area contributed by atoms with Gasteiger partial charge in [0.2, 0.25) is 0 Å². The van der Waals surface area contributed by atoms with E-state index in [2.05, 4.69) is 5.32 Å². The van der Waals surface area contributed by atoms with E-state index in [0.29, 0.717) is 6.54 Å². The van der Waals surface area contributed by atoms with Gasteiger partial charge in [0.15, 0.2) is 0 Å². The normalized spacial score (nSPS) is 9.33. The highest BCUT2D eigenvalue weighted by molar-refractivity contribution is 5.66. The number of carbonyl (C=O) groups excluding carboxylic acids is 1. The summed E-state index contributed by atoms with van der Waals surface area (Å²) in [6.07, 6.45) is 3.41. The summed E-state index contributed by atoms with van der Waals surface area (Å²) in [6, 6.07) is 1.88. The first-order valence-corrected chi connectivity index (χ1v) is 5.19. The van der Waals surface area contributed by atoms with E-state index in [4.69, 9.17) is 15.1 Å². The molecule has 0 heterocycles. The molecule has 0 aromatic carbocycles. The lowest BCUT2D eigenvalue weighted by Gasteiger charge is -2.04. The van der Waals surface area contributed by atoms with Crippen molar-refractivity contribution in [1.29, 1.82) is 5.26 Å². The van der Waals surface area contributed by atoms with Gasteiger partial charge < -0.3 is 15.2 Å². The van der Waals surface area contributed by atoms with E-state index in [0.717, 1.165) is 25.7 Å². The molecule has 0 aromatic rings. The molecule has 2 N–H and O–H groups in total. The summed E-state index contributed by atoms with van der Waals surface area (Å²) in [5.74, 6) is 0. The van der Waals surface area contributed by atoms with Gasteiger partial charge in [-0.2, -0.15) is 5.26 Å². The van der Waals surface area contributed by atoms with Crippen molar-refractivity contribution in [3.8, 4) is 6.07 Å². The minimum atomic E-state index is -0.465. The lowest BCUT2D eigenvalue weighted by atomic mass is 10.2. The molecule has 0 saturated carbocycles. The molecule has 0 spiro atoms. The van der Waals surface area contributed by atoms with E-state index >= 15 is 0 Å². The van der Waals surface area contributed by atoms with Gasteiger partial charge in [0.1, 0.15) is 6.61 Å². The predicted octanol–water partition coefficient (Wildman–Crippen LogP) is 1.18. The van der Waals surface area contributed by atoms with Crippen LogP contribution in [-0.4, -0.2) is 31.0 Å². The van der Waals surface area contributed by atoms with Crippen molar-refractivity contribution in [2.75, 3.05) is 19.8 Å². The van der Waals surface area contributed by atoms with Crippen molar-refractivity contribution >= 4 is 6.09 Å². The Morgan fingerprint density at radius 3 is 2.73 bits per heavy atom. The van der Waals surface area contributed by atoms with Crippen molar-refractivity contribution in [3.05, 3.63) is 0 Å². The average molecular weight is 214 g/mol. The number of aliphatic hydroxyl groups excluding tert-OH is 1. The Hall–Kier alpha value is -1.28. The van der Waals surface area contributed by atoms with Gasteiger partial charge in [-0.3, -0.25) is 0 Å². The van der Waals surface area contributed by atoms with Crippen LogP contribution in [0.15, 0.2) is 0 Å². The quantitative estimate of drug-likeness (QED) is 0.594. The van der Waals surface area contributed by atoms with Gasteiger partial charge in [-0.15, -0.1) is 0 Å². The third kappa shape index (κ3) is 10.6. The van der Waals surface area contributed by atoms with Gasteiger partial charge in [0, 0.05) is 13.2 Å². The highest BCUT2D eigenvalue weighted by Crippen LogP contribution is 1.97. The van der Waals surface area contributed by atoms with E-state index in [-0.39, 0.29) is 19.6 Å². The van der Waals surface area contributed by atoms with E-state index in [9.17, 15) is 4.79 Å². The number of hydrogen-bond donors (Lipinski definition) is 2. The number of aliphatic hydroxyl groups is 1.